The van der Waals surface area contributed by atoms with Crippen LogP contribution in [0, 0.1) is 5.92 Å². The molecule has 14 heavy (non-hydrogen) atoms. The fourth-order valence-electron chi connectivity index (χ4n) is 1.68. The summed E-state index contributed by atoms with van der Waals surface area (Å²) in [6, 6.07) is 0. The summed E-state index contributed by atoms with van der Waals surface area (Å²) in [6.07, 6.45) is -4.96. The predicted molar refractivity (Wildman–Crippen MR) is 48.6 cm³/mol. The van der Waals surface area contributed by atoms with Gasteiger partial charge in [0.15, 0.2) is 0 Å². The summed E-state index contributed by atoms with van der Waals surface area (Å²) in [5.41, 5.74) is 0. The molecule has 0 spiro atoms. The van der Waals surface area contributed by atoms with Gasteiger partial charge in [-0.25, -0.2) is 0 Å². The van der Waals surface area contributed by atoms with E-state index < -0.39 is 30.5 Å². The fourth-order valence-corrected chi connectivity index (χ4v) is 1.68. The van der Waals surface area contributed by atoms with Gasteiger partial charge in [-0.05, 0) is 5.92 Å². The van der Waals surface area contributed by atoms with Gasteiger partial charge in [-0.2, -0.15) is 0 Å². The number of ether oxygens (including phenoxy) is 1. The van der Waals surface area contributed by atoms with Crippen LogP contribution in [-0.2, 0) is 4.74 Å². The Hall–Kier alpha value is -0.200. The molecule has 1 aliphatic heterocycles. The van der Waals surface area contributed by atoms with E-state index in [2.05, 4.69) is 0 Å². The normalized spacial score (nSPS) is 44.4. The van der Waals surface area contributed by atoms with E-state index >= 15 is 0 Å². The Bertz CT molecular complexity index is 182. The number of aliphatic hydroxyl groups is 4. The Labute approximate surface area is 82.9 Å². The van der Waals surface area contributed by atoms with Crippen molar-refractivity contribution in [2.24, 2.45) is 5.92 Å². The van der Waals surface area contributed by atoms with Crippen LogP contribution in [0.3, 0.4) is 0 Å². The van der Waals surface area contributed by atoms with E-state index in [0.29, 0.717) is 0 Å². The molecule has 2 unspecified atom stereocenters. The largest absolute Gasteiger partial charge is 0.394 e. The first-order chi connectivity index (χ1) is 6.49. The Morgan fingerprint density at radius 3 is 2.07 bits per heavy atom. The zero-order valence-corrected chi connectivity index (χ0v) is 8.37. The minimum Gasteiger partial charge on any atom is -0.394 e. The topological polar surface area (TPSA) is 90.2 Å². The molecular weight excluding hydrogens is 188 g/mol. The summed E-state index contributed by atoms with van der Waals surface area (Å²) in [5.74, 6) is 0.0150. The first kappa shape index (κ1) is 11.9. The van der Waals surface area contributed by atoms with Crippen LogP contribution in [0.1, 0.15) is 13.8 Å². The maximum Gasteiger partial charge on any atom is 0.111 e. The van der Waals surface area contributed by atoms with Crippen molar-refractivity contribution in [3.8, 4) is 0 Å². The van der Waals surface area contributed by atoms with Crippen molar-refractivity contribution < 1.29 is 25.2 Å². The van der Waals surface area contributed by atoms with Crippen molar-refractivity contribution in [3.05, 3.63) is 0 Å². The van der Waals surface area contributed by atoms with E-state index in [1.807, 2.05) is 13.8 Å². The maximum absolute atomic E-state index is 9.57. The predicted octanol–water partition coefficient (Wildman–Crippen LogP) is -1.52. The molecule has 5 atom stereocenters. The molecular formula is C9H18O5. The average Bonchev–Trinajstić information content (AvgIpc) is 2.14. The van der Waals surface area contributed by atoms with Gasteiger partial charge in [0.25, 0.3) is 0 Å². The molecule has 84 valence electrons. The molecule has 1 fully saturated rings. The van der Waals surface area contributed by atoms with E-state index in [0.717, 1.165) is 0 Å². The number of hydrogen-bond acceptors (Lipinski definition) is 5. The van der Waals surface area contributed by atoms with Crippen molar-refractivity contribution in [1.29, 1.82) is 0 Å². The molecule has 5 heteroatoms. The Morgan fingerprint density at radius 2 is 1.64 bits per heavy atom. The van der Waals surface area contributed by atoms with Gasteiger partial charge in [0.1, 0.15) is 24.4 Å². The lowest BCUT2D eigenvalue weighted by molar-refractivity contribution is -0.238. The van der Waals surface area contributed by atoms with Gasteiger partial charge in [0, 0.05) is 0 Å². The first-order valence-corrected chi connectivity index (χ1v) is 4.79. The van der Waals surface area contributed by atoms with E-state index in [1.54, 1.807) is 0 Å². The van der Waals surface area contributed by atoms with Gasteiger partial charge in [-0.15, -0.1) is 0 Å². The third-order valence-electron chi connectivity index (χ3n) is 2.59. The lowest BCUT2D eigenvalue weighted by Gasteiger charge is -2.41. The minimum atomic E-state index is -1.26. The number of hydrogen-bond donors (Lipinski definition) is 4. The van der Waals surface area contributed by atoms with Crippen LogP contribution in [0.5, 0.6) is 0 Å². The van der Waals surface area contributed by atoms with Crippen LogP contribution in [-0.4, -0.2) is 57.6 Å². The maximum atomic E-state index is 9.57. The van der Waals surface area contributed by atoms with Crippen LogP contribution in [0.2, 0.25) is 0 Å². The molecule has 1 rings (SSSR count). The highest BCUT2D eigenvalue weighted by Crippen LogP contribution is 2.25. The van der Waals surface area contributed by atoms with Gasteiger partial charge >= 0.3 is 0 Å². The Morgan fingerprint density at radius 1 is 1.07 bits per heavy atom. The summed E-state index contributed by atoms with van der Waals surface area (Å²) in [4.78, 5) is 0. The quantitative estimate of drug-likeness (QED) is 0.441. The molecule has 0 bridgehead atoms. The lowest BCUT2D eigenvalue weighted by Crippen LogP contribution is -2.59. The zero-order chi connectivity index (χ0) is 10.9. The molecule has 0 radical (unpaired) electrons. The van der Waals surface area contributed by atoms with Crippen LogP contribution < -0.4 is 0 Å². The average molecular weight is 206 g/mol. The van der Waals surface area contributed by atoms with Gasteiger partial charge in [-0.1, -0.05) is 13.8 Å². The van der Waals surface area contributed by atoms with Gasteiger partial charge in [0.05, 0.1) is 12.7 Å². The first-order valence-electron chi connectivity index (χ1n) is 4.79. The van der Waals surface area contributed by atoms with Gasteiger partial charge in [-0.3, -0.25) is 0 Å². The summed E-state index contributed by atoms with van der Waals surface area (Å²) in [6.45, 7) is 3.31. The zero-order valence-electron chi connectivity index (χ0n) is 8.37. The summed E-state index contributed by atoms with van der Waals surface area (Å²) in [7, 11) is 0. The minimum absolute atomic E-state index is 0.0150. The SMILES string of the molecule is CC(C)[C@H]1OC(CO)[C@H](O)C(O)[C@H]1O. The Kier molecular flexibility index (Phi) is 3.86. The van der Waals surface area contributed by atoms with E-state index in [9.17, 15) is 15.3 Å². The molecule has 1 saturated heterocycles. The van der Waals surface area contributed by atoms with E-state index in [-0.39, 0.29) is 12.5 Å². The third kappa shape index (κ3) is 2.07. The fraction of sp³-hybridized carbons (Fsp3) is 1.00. The van der Waals surface area contributed by atoms with Crippen molar-refractivity contribution >= 4 is 0 Å². The highest BCUT2D eigenvalue weighted by molar-refractivity contribution is 4.92. The summed E-state index contributed by atoms with van der Waals surface area (Å²) >= 11 is 0. The number of aliphatic hydroxyl groups excluding tert-OH is 4. The van der Waals surface area contributed by atoms with Gasteiger partial charge < -0.3 is 25.2 Å². The van der Waals surface area contributed by atoms with E-state index in [1.165, 1.54) is 0 Å². The Balaban J connectivity index is 2.73. The molecule has 5 nitrogen and oxygen atoms in total. The highest BCUT2D eigenvalue weighted by atomic mass is 16.5. The molecule has 4 N–H and O–H groups in total. The number of rotatable bonds is 2. The van der Waals surface area contributed by atoms with Crippen LogP contribution in [0.4, 0.5) is 0 Å². The second-order valence-corrected chi connectivity index (χ2v) is 4.04. The molecule has 1 aliphatic rings. The molecule has 0 aromatic carbocycles. The summed E-state index contributed by atoms with van der Waals surface area (Å²) in [5, 5.41) is 37.4. The third-order valence-corrected chi connectivity index (χ3v) is 2.59. The second kappa shape index (κ2) is 4.55. The second-order valence-electron chi connectivity index (χ2n) is 4.04. The molecule has 0 saturated carbocycles. The monoisotopic (exact) mass is 206 g/mol. The molecule has 1 heterocycles. The summed E-state index contributed by atoms with van der Waals surface area (Å²) < 4.78 is 5.28. The van der Waals surface area contributed by atoms with Crippen molar-refractivity contribution in [2.75, 3.05) is 6.61 Å². The molecule has 0 amide bonds. The molecule has 0 aromatic rings. The molecule has 0 aliphatic carbocycles. The van der Waals surface area contributed by atoms with Crippen LogP contribution >= 0.6 is 0 Å². The lowest BCUT2D eigenvalue weighted by atomic mass is 9.90. The smallest absolute Gasteiger partial charge is 0.111 e. The standard InChI is InChI=1S/C9H18O5/c1-4(2)9-8(13)7(12)6(11)5(3-10)14-9/h4-13H,3H2,1-2H3/t5?,6-,7?,8+,9+/m0/s1. The van der Waals surface area contributed by atoms with Crippen LogP contribution in [0.15, 0.2) is 0 Å². The molecule has 0 aromatic heterocycles. The van der Waals surface area contributed by atoms with Crippen molar-refractivity contribution in [2.45, 2.75) is 44.4 Å². The van der Waals surface area contributed by atoms with Gasteiger partial charge in [0.2, 0.25) is 0 Å². The highest BCUT2D eigenvalue weighted by Gasteiger charge is 2.44. The van der Waals surface area contributed by atoms with E-state index in [4.69, 9.17) is 9.84 Å². The van der Waals surface area contributed by atoms with Crippen LogP contribution in [0.25, 0.3) is 0 Å². The van der Waals surface area contributed by atoms with Crippen molar-refractivity contribution in [1.82, 2.24) is 0 Å². The van der Waals surface area contributed by atoms with Crippen molar-refractivity contribution in [3.63, 3.8) is 0 Å².